The minimum atomic E-state index is -3.19. The van der Waals surface area contributed by atoms with Crippen molar-refractivity contribution in [1.82, 2.24) is 19.4 Å². The molecule has 0 bridgehead atoms. The Morgan fingerprint density at radius 1 is 1.30 bits per heavy atom. The number of hydrogen-bond acceptors (Lipinski definition) is 4. The molecule has 3 rings (SSSR count). The van der Waals surface area contributed by atoms with Gasteiger partial charge >= 0.3 is 0 Å². The lowest BCUT2D eigenvalue weighted by Gasteiger charge is -2.16. The summed E-state index contributed by atoms with van der Waals surface area (Å²) in [6.45, 7) is 2.06. The van der Waals surface area contributed by atoms with Crippen LogP contribution in [0.15, 0.2) is 36.5 Å². The van der Waals surface area contributed by atoms with Crippen molar-refractivity contribution in [3.05, 3.63) is 42.1 Å². The van der Waals surface area contributed by atoms with Gasteiger partial charge < -0.3 is 0 Å². The number of benzene rings is 1. The van der Waals surface area contributed by atoms with E-state index in [0.717, 1.165) is 23.4 Å². The van der Waals surface area contributed by atoms with Crippen molar-refractivity contribution in [2.75, 3.05) is 20.1 Å². The van der Waals surface area contributed by atoms with Crippen LogP contribution in [0, 0.1) is 0 Å². The number of hydrogen-bond donors (Lipinski definition) is 1. The summed E-state index contributed by atoms with van der Waals surface area (Å²) >= 11 is 0. The predicted octanol–water partition coefficient (Wildman–Crippen LogP) is 1.21. The Bertz CT molecular complexity index is 771. The molecule has 0 saturated carbocycles. The van der Waals surface area contributed by atoms with Gasteiger partial charge in [-0.3, -0.25) is 9.58 Å². The van der Waals surface area contributed by atoms with Gasteiger partial charge in [0.25, 0.3) is 0 Å². The Hall–Kier alpha value is -1.70. The van der Waals surface area contributed by atoms with Crippen molar-refractivity contribution in [3.63, 3.8) is 0 Å². The first-order valence-electron chi connectivity index (χ1n) is 7.72. The van der Waals surface area contributed by atoms with Gasteiger partial charge in [0.2, 0.25) is 10.0 Å². The molecule has 0 amide bonds. The number of sulfonamides is 1. The van der Waals surface area contributed by atoms with E-state index in [0.29, 0.717) is 19.5 Å². The third-order valence-electron chi connectivity index (χ3n) is 4.30. The molecule has 1 aromatic heterocycles. The van der Waals surface area contributed by atoms with E-state index in [1.807, 2.05) is 48.3 Å². The largest absolute Gasteiger partial charge is 0.298 e. The molecule has 1 aromatic carbocycles. The van der Waals surface area contributed by atoms with Crippen LogP contribution in [0.4, 0.5) is 0 Å². The van der Waals surface area contributed by atoms with E-state index in [4.69, 9.17) is 0 Å². The molecule has 1 atom stereocenters. The zero-order valence-corrected chi connectivity index (χ0v) is 14.3. The van der Waals surface area contributed by atoms with Crippen molar-refractivity contribution in [1.29, 1.82) is 0 Å². The summed E-state index contributed by atoms with van der Waals surface area (Å²) in [5.41, 5.74) is 3.18. The normalized spacial score (nSPS) is 19.3. The standard InChI is InChI=1S/C16H22N4O2S/c1-17-23(21,22)15-8-9-20(12-15)11-14-10-19(2)18-16(14)13-6-4-3-5-7-13/h3-7,10,15,17H,8-9,11-12H2,1-2H3/t15-/m1/s1. The van der Waals surface area contributed by atoms with E-state index in [-0.39, 0.29) is 5.25 Å². The number of nitrogens with one attached hydrogen (secondary N) is 1. The maximum atomic E-state index is 11.9. The summed E-state index contributed by atoms with van der Waals surface area (Å²) < 4.78 is 28.1. The van der Waals surface area contributed by atoms with Gasteiger partial charge in [-0.2, -0.15) is 5.10 Å². The van der Waals surface area contributed by atoms with Crippen LogP contribution in [-0.4, -0.2) is 48.5 Å². The van der Waals surface area contributed by atoms with Gasteiger partial charge in [-0.05, 0) is 20.0 Å². The zero-order valence-electron chi connectivity index (χ0n) is 13.4. The Kier molecular flexibility index (Phi) is 4.52. The predicted molar refractivity (Wildman–Crippen MR) is 90.3 cm³/mol. The molecule has 1 aliphatic rings. The monoisotopic (exact) mass is 334 g/mol. The first kappa shape index (κ1) is 16.2. The van der Waals surface area contributed by atoms with Crippen LogP contribution < -0.4 is 4.72 Å². The first-order chi connectivity index (χ1) is 11.0. The number of rotatable bonds is 5. The number of likely N-dealkylation sites (tertiary alicyclic amines) is 1. The third kappa shape index (κ3) is 3.46. The van der Waals surface area contributed by atoms with E-state index < -0.39 is 10.0 Å². The molecule has 1 saturated heterocycles. The molecule has 7 heteroatoms. The highest BCUT2D eigenvalue weighted by molar-refractivity contribution is 7.90. The molecule has 0 radical (unpaired) electrons. The summed E-state index contributed by atoms with van der Waals surface area (Å²) in [7, 11) is 0.197. The van der Waals surface area contributed by atoms with Crippen LogP contribution in [-0.2, 0) is 23.6 Å². The fourth-order valence-electron chi connectivity index (χ4n) is 3.09. The Labute approximate surface area is 137 Å². The second-order valence-corrected chi connectivity index (χ2v) is 8.10. The average molecular weight is 334 g/mol. The number of aryl methyl sites for hydroxylation is 1. The van der Waals surface area contributed by atoms with Crippen molar-refractivity contribution < 1.29 is 8.42 Å². The van der Waals surface area contributed by atoms with Crippen LogP contribution in [0.25, 0.3) is 11.3 Å². The van der Waals surface area contributed by atoms with Gasteiger partial charge in [0.15, 0.2) is 0 Å². The molecule has 0 aliphatic carbocycles. The summed E-state index contributed by atoms with van der Waals surface area (Å²) in [5, 5.41) is 4.24. The second-order valence-electron chi connectivity index (χ2n) is 5.94. The Balaban J connectivity index is 1.77. The lowest BCUT2D eigenvalue weighted by molar-refractivity contribution is 0.331. The summed E-state index contributed by atoms with van der Waals surface area (Å²) in [6, 6.07) is 10.1. The van der Waals surface area contributed by atoms with Crippen molar-refractivity contribution in [2.24, 2.45) is 7.05 Å². The van der Waals surface area contributed by atoms with Gasteiger partial charge in [0.05, 0.1) is 10.9 Å². The maximum absolute atomic E-state index is 11.9. The highest BCUT2D eigenvalue weighted by Crippen LogP contribution is 2.25. The maximum Gasteiger partial charge on any atom is 0.215 e. The van der Waals surface area contributed by atoms with E-state index >= 15 is 0 Å². The van der Waals surface area contributed by atoms with Crippen LogP contribution in [0.1, 0.15) is 12.0 Å². The Morgan fingerprint density at radius 2 is 2.04 bits per heavy atom. The van der Waals surface area contributed by atoms with E-state index in [2.05, 4.69) is 14.7 Å². The zero-order chi connectivity index (χ0) is 16.4. The van der Waals surface area contributed by atoms with Gasteiger partial charge in [0.1, 0.15) is 0 Å². The topological polar surface area (TPSA) is 67.2 Å². The van der Waals surface area contributed by atoms with Crippen LogP contribution >= 0.6 is 0 Å². The smallest absolute Gasteiger partial charge is 0.215 e. The third-order valence-corrected chi connectivity index (χ3v) is 6.13. The molecule has 6 nitrogen and oxygen atoms in total. The molecule has 23 heavy (non-hydrogen) atoms. The highest BCUT2D eigenvalue weighted by atomic mass is 32.2. The highest BCUT2D eigenvalue weighted by Gasteiger charge is 2.32. The SMILES string of the molecule is CNS(=O)(=O)[C@@H]1CCN(Cc2cn(C)nc2-c2ccccc2)C1. The van der Waals surface area contributed by atoms with Gasteiger partial charge in [-0.25, -0.2) is 13.1 Å². The van der Waals surface area contributed by atoms with Gasteiger partial charge in [0, 0.05) is 37.5 Å². The molecular weight excluding hydrogens is 312 g/mol. The minimum absolute atomic E-state index is 0.329. The van der Waals surface area contributed by atoms with Crippen LogP contribution in [0.5, 0.6) is 0 Å². The molecule has 1 fully saturated rings. The molecule has 1 N–H and O–H groups in total. The molecule has 2 heterocycles. The molecular formula is C16H22N4O2S. The molecule has 124 valence electrons. The second kappa shape index (κ2) is 6.43. The van der Waals surface area contributed by atoms with E-state index in [1.54, 1.807) is 0 Å². The lowest BCUT2D eigenvalue weighted by Crippen LogP contribution is -2.34. The van der Waals surface area contributed by atoms with Crippen LogP contribution in [0.3, 0.4) is 0 Å². The first-order valence-corrected chi connectivity index (χ1v) is 9.27. The van der Waals surface area contributed by atoms with E-state index in [1.165, 1.54) is 7.05 Å². The quantitative estimate of drug-likeness (QED) is 0.892. The molecule has 0 unspecified atom stereocenters. The molecule has 2 aromatic rings. The van der Waals surface area contributed by atoms with E-state index in [9.17, 15) is 8.42 Å². The number of nitrogens with zero attached hydrogens (tertiary/aromatic N) is 3. The van der Waals surface area contributed by atoms with Crippen molar-refractivity contribution in [3.8, 4) is 11.3 Å². The van der Waals surface area contributed by atoms with Crippen molar-refractivity contribution >= 4 is 10.0 Å². The molecule has 1 aliphatic heterocycles. The summed E-state index contributed by atoms with van der Waals surface area (Å²) in [4.78, 5) is 2.18. The Morgan fingerprint density at radius 3 is 2.74 bits per heavy atom. The minimum Gasteiger partial charge on any atom is -0.298 e. The summed E-state index contributed by atoms with van der Waals surface area (Å²) in [6.07, 6.45) is 2.69. The fraction of sp³-hybridized carbons (Fsp3) is 0.438. The number of aromatic nitrogens is 2. The van der Waals surface area contributed by atoms with Gasteiger partial charge in [-0.1, -0.05) is 30.3 Å². The lowest BCUT2D eigenvalue weighted by atomic mass is 10.1. The summed E-state index contributed by atoms with van der Waals surface area (Å²) in [5.74, 6) is 0. The fourth-order valence-corrected chi connectivity index (χ4v) is 4.25. The van der Waals surface area contributed by atoms with Gasteiger partial charge in [-0.15, -0.1) is 0 Å². The van der Waals surface area contributed by atoms with Crippen molar-refractivity contribution in [2.45, 2.75) is 18.2 Å². The average Bonchev–Trinajstić information content (AvgIpc) is 3.16. The molecule has 0 spiro atoms. The van der Waals surface area contributed by atoms with Crippen LogP contribution in [0.2, 0.25) is 0 Å².